The van der Waals surface area contributed by atoms with E-state index in [2.05, 4.69) is 10.2 Å². The van der Waals surface area contributed by atoms with Crippen molar-refractivity contribution < 1.29 is 9.59 Å². The third kappa shape index (κ3) is 3.39. The number of nitrogens with one attached hydrogen (secondary N) is 1. The maximum atomic E-state index is 12.7. The molecule has 2 aliphatic rings. The lowest BCUT2D eigenvalue weighted by atomic mass is 9.93. The number of thiophene rings is 1. The van der Waals surface area contributed by atoms with Gasteiger partial charge in [-0.1, -0.05) is 31.9 Å². The van der Waals surface area contributed by atoms with E-state index in [1.54, 1.807) is 16.2 Å². The van der Waals surface area contributed by atoms with Gasteiger partial charge >= 0.3 is 0 Å². The Morgan fingerprint density at radius 3 is 2.83 bits per heavy atom. The highest BCUT2D eigenvalue weighted by atomic mass is 35.5. The molecule has 0 aromatic carbocycles. The van der Waals surface area contributed by atoms with Crippen LogP contribution in [-0.2, 0) is 16.1 Å². The summed E-state index contributed by atoms with van der Waals surface area (Å²) in [4.78, 5) is 30.3. The van der Waals surface area contributed by atoms with Gasteiger partial charge in [0.1, 0.15) is 12.1 Å². The maximum absolute atomic E-state index is 12.7. The second-order valence-corrected chi connectivity index (χ2v) is 8.16. The first-order valence-corrected chi connectivity index (χ1v) is 9.26. The topological polar surface area (TPSA) is 52.7 Å². The summed E-state index contributed by atoms with van der Waals surface area (Å²) in [6.07, 6.45) is 0.875. The predicted octanol–water partition coefficient (Wildman–Crippen LogP) is 1.96. The first kappa shape index (κ1) is 16.7. The number of rotatable bonds is 4. The van der Waals surface area contributed by atoms with Crippen LogP contribution >= 0.6 is 22.9 Å². The zero-order valence-electron chi connectivity index (χ0n) is 13.4. The molecule has 0 saturated carbocycles. The van der Waals surface area contributed by atoms with Gasteiger partial charge in [0.2, 0.25) is 11.8 Å². The predicted molar refractivity (Wildman–Crippen MR) is 91.5 cm³/mol. The monoisotopic (exact) mass is 355 g/mol. The second-order valence-electron chi connectivity index (χ2n) is 6.36. The number of hydrogen-bond acceptors (Lipinski definition) is 4. The van der Waals surface area contributed by atoms with Crippen molar-refractivity contribution in [1.29, 1.82) is 0 Å². The van der Waals surface area contributed by atoms with Gasteiger partial charge in [0.15, 0.2) is 0 Å². The van der Waals surface area contributed by atoms with E-state index in [1.165, 1.54) is 4.88 Å². The molecule has 0 unspecified atom stereocenters. The molecule has 3 rings (SSSR count). The minimum atomic E-state index is -0.369. The summed E-state index contributed by atoms with van der Waals surface area (Å²) in [5.41, 5.74) is 0. The highest BCUT2D eigenvalue weighted by Gasteiger charge is 2.44. The van der Waals surface area contributed by atoms with Gasteiger partial charge in [0.05, 0.1) is 4.34 Å². The molecule has 2 aliphatic heterocycles. The van der Waals surface area contributed by atoms with Crippen molar-refractivity contribution in [1.82, 2.24) is 15.1 Å². The summed E-state index contributed by atoms with van der Waals surface area (Å²) >= 11 is 7.54. The molecule has 1 N–H and O–H groups in total. The number of piperazine rings is 2. The Hall–Kier alpha value is -1.11. The van der Waals surface area contributed by atoms with Gasteiger partial charge in [-0.2, -0.15) is 0 Å². The Morgan fingerprint density at radius 1 is 1.39 bits per heavy atom. The molecular formula is C16H22ClN3O2S. The van der Waals surface area contributed by atoms with Crippen LogP contribution in [0.4, 0.5) is 0 Å². The molecule has 3 atom stereocenters. The van der Waals surface area contributed by atoms with Crippen LogP contribution in [0.2, 0.25) is 4.34 Å². The fourth-order valence-electron chi connectivity index (χ4n) is 3.24. The van der Waals surface area contributed by atoms with Crippen molar-refractivity contribution >= 4 is 34.8 Å². The average Bonchev–Trinajstić information content (AvgIpc) is 2.95. The van der Waals surface area contributed by atoms with Crippen molar-refractivity contribution in [3.8, 4) is 0 Å². The molecule has 1 aromatic rings. The number of carbonyl (C=O) groups excluding carboxylic acids is 2. The number of amides is 2. The number of halogens is 1. The van der Waals surface area contributed by atoms with Gasteiger partial charge in [0, 0.05) is 31.1 Å². The van der Waals surface area contributed by atoms with Crippen molar-refractivity contribution in [2.24, 2.45) is 5.92 Å². The molecule has 5 nitrogen and oxygen atoms in total. The van der Waals surface area contributed by atoms with Crippen molar-refractivity contribution in [2.75, 3.05) is 19.6 Å². The average molecular weight is 356 g/mol. The van der Waals surface area contributed by atoms with E-state index in [1.807, 2.05) is 26.0 Å². The van der Waals surface area contributed by atoms with E-state index in [0.717, 1.165) is 23.8 Å². The summed E-state index contributed by atoms with van der Waals surface area (Å²) in [6.45, 7) is 6.82. The van der Waals surface area contributed by atoms with Crippen LogP contribution in [0.25, 0.3) is 0 Å². The molecule has 126 valence electrons. The molecule has 0 radical (unpaired) electrons. The van der Waals surface area contributed by atoms with Gasteiger partial charge in [-0.05, 0) is 18.1 Å². The summed E-state index contributed by atoms with van der Waals surface area (Å²) in [5.74, 6) is 0.213. The normalized spacial score (nSPS) is 26.8. The quantitative estimate of drug-likeness (QED) is 0.898. The molecule has 0 bridgehead atoms. The van der Waals surface area contributed by atoms with Crippen LogP contribution < -0.4 is 5.32 Å². The Bertz CT molecular complexity index is 606. The van der Waals surface area contributed by atoms with E-state index in [4.69, 9.17) is 11.6 Å². The minimum Gasteiger partial charge on any atom is -0.342 e. The zero-order chi connectivity index (χ0) is 16.6. The van der Waals surface area contributed by atoms with Gasteiger partial charge in [-0.15, -0.1) is 11.3 Å². The van der Waals surface area contributed by atoms with Crippen LogP contribution in [0.5, 0.6) is 0 Å². The summed E-state index contributed by atoms with van der Waals surface area (Å²) in [5, 5.41) is 2.93. The second kappa shape index (κ2) is 6.79. The third-order valence-corrected chi connectivity index (χ3v) is 6.05. The maximum Gasteiger partial charge on any atom is 0.246 e. The number of hydrogen-bond donors (Lipinski definition) is 1. The van der Waals surface area contributed by atoms with Crippen LogP contribution in [-0.4, -0.2) is 53.3 Å². The minimum absolute atomic E-state index is 0.0242. The number of fused-ring (bicyclic) bond motifs is 1. The SMILES string of the molecule is CC[C@H](C)[C@@H]1NC(=O)[C@H]2CN(Cc3ccc(Cl)s3)CCN2C1=O. The van der Waals surface area contributed by atoms with E-state index in [-0.39, 0.29) is 29.8 Å². The van der Waals surface area contributed by atoms with E-state index in [0.29, 0.717) is 13.1 Å². The summed E-state index contributed by atoms with van der Waals surface area (Å²) in [6, 6.07) is 3.17. The summed E-state index contributed by atoms with van der Waals surface area (Å²) in [7, 11) is 0. The Morgan fingerprint density at radius 2 is 2.17 bits per heavy atom. The van der Waals surface area contributed by atoms with Crippen molar-refractivity contribution in [3.05, 3.63) is 21.3 Å². The number of nitrogens with zero attached hydrogens (tertiary/aromatic N) is 2. The van der Waals surface area contributed by atoms with Gasteiger partial charge in [-0.25, -0.2) is 0 Å². The molecule has 2 amide bonds. The van der Waals surface area contributed by atoms with Gasteiger partial charge < -0.3 is 10.2 Å². The molecule has 23 heavy (non-hydrogen) atoms. The Balaban J connectivity index is 1.67. The van der Waals surface area contributed by atoms with Crippen LogP contribution in [0, 0.1) is 5.92 Å². The van der Waals surface area contributed by atoms with Crippen LogP contribution in [0.15, 0.2) is 12.1 Å². The highest BCUT2D eigenvalue weighted by molar-refractivity contribution is 7.16. The van der Waals surface area contributed by atoms with Crippen LogP contribution in [0.1, 0.15) is 25.1 Å². The highest BCUT2D eigenvalue weighted by Crippen LogP contribution is 2.25. The molecule has 3 heterocycles. The van der Waals surface area contributed by atoms with E-state index in [9.17, 15) is 9.59 Å². The molecule has 2 fully saturated rings. The van der Waals surface area contributed by atoms with Crippen LogP contribution in [0.3, 0.4) is 0 Å². The van der Waals surface area contributed by atoms with E-state index < -0.39 is 0 Å². The zero-order valence-corrected chi connectivity index (χ0v) is 15.0. The van der Waals surface area contributed by atoms with Crippen molar-refractivity contribution in [2.45, 2.75) is 38.9 Å². The Kier molecular flexibility index (Phi) is 4.94. The van der Waals surface area contributed by atoms with Crippen molar-refractivity contribution in [3.63, 3.8) is 0 Å². The van der Waals surface area contributed by atoms with Gasteiger partial charge in [-0.3, -0.25) is 14.5 Å². The standard InChI is InChI=1S/C16H22ClN3O2S/c1-3-10(2)14-16(22)20-7-6-19(9-12(20)15(21)18-14)8-11-4-5-13(17)23-11/h4-5,10,12,14H,3,6-9H2,1-2H3,(H,18,21)/t10-,12+,14-/m0/s1. The molecular weight excluding hydrogens is 334 g/mol. The molecule has 7 heteroatoms. The first-order chi connectivity index (χ1) is 11.0. The molecule has 0 spiro atoms. The molecule has 2 saturated heterocycles. The largest absolute Gasteiger partial charge is 0.342 e. The first-order valence-electron chi connectivity index (χ1n) is 8.07. The number of carbonyl (C=O) groups is 2. The lowest BCUT2D eigenvalue weighted by Gasteiger charge is -2.46. The lowest BCUT2D eigenvalue weighted by molar-refractivity contribution is -0.154. The summed E-state index contributed by atoms with van der Waals surface area (Å²) < 4.78 is 0.778. The smallest absolute Gasteiger partial charge is 0.246 e. The molecule has 0 aliphatic carbocycles. The van der Waals surface area contributed by atoms with Gasteiger partial charge in [0.25, 0.3) is 0 Å². The fourth-order valence-corrected chi connectivity index (χ4v) is 4.37. The van der Waals surface area contributed by atoms with E-state index >= 15 is 0 Å². The Labute approximate surface area is 145 Å². The fraction of sp³-hybridized carbons (Fsp3) is 0.625. The third-order valence-electron chi connectivity index (χ3n) is 4.84. The lowest BCUT2D eigenvalue weighted by Crippen LogP contribution is -2.70. The molecule has 1 aromatic heterocycles.